The molecule has 0 radical (unpaired) electrons. The van der Waals surface area contributed by atoms with Gasteiger partial charge in [0.15, 0.2) is 0 Å². The van der Waals surface area contributed by atoms with Crippen LogP contribution in [0.25, 0.3) is 17.0 Å². The van der Waals surface area contributed by atoms with Gasteiger partial charge in [-0.2, -0.15) is 0 Å². The third kappa shape index (κ3) is 3.04. The number of benzene rings is 1. The fourth-order valence-electron chi connectivity index (χ4n) is 2.06. The molecule has 0 saturated carbocycles. The van der Waals surface area contributed by atoms with Crippen molar-refractivity contribution < 1.29 is 15.3 Å². The van der Waals surface area contributed by atoms with Crippen LogP contribution < -0.4 is 0 Å². The summed E-state index contributed by atoms with van der Waals surface area (Å²) in [4.78, 5) is 3.17. The van der Waals surface area contributed by atoms with Gasteiger partial charge < -0.3 is 20.3 Å². The van der Waals surface area contributed by atoms with Crippen LogP contribution in [0.15, 0.2) is 30.5 Å². The molecule has 0 bridgehead atoms. The molecule has 0 aliphatic heterocycles. The number of aliphatic hydroxyl groups is 3. The topological polar surface area (TPSA) is 76.5 Å². The van der Waals surface area contributed by atoms with Crippen LogP contribution in [0.1, 0.15) is 18.1 Å². The summed E-state index contributed by atoms with van der Waals surface area (Å²) in [7, 11) is 0. The molecule has 4 nitrogen and oxygen atoms in total. The second-order valence-electron chi connectivity index (χ2n) is 4.91. The second-order valence-corrected chi connectivity index (χ2v) is 4.91. The van der Waals surface area contributed by atoms with Gasteiger partial charge in [0.25, 0.3) is 0 Å². The lowest BCUT2D eigenvalue weighted by Crippen LogP contribution is -2.25. The van der Waals surface area contributed by atoms with E-state index in [1.807, 2.05) is 24.4 Å². The molecule has 1 unspecified atom stereocenters. The Bertz CT molecular complexity index is 584. The van der Waals surface area contributed by atoms with E-state index in [1.54, 1.807) is 19.1 Å². The van der Waals surface area contributed by atoms with Gasteiger partial charge in [-0.25, -0.2) is 0 Å². The average molecular weight is 261 g/mol. The predicted molar refractivity (Wildman–Crippen MR) is 75.8 cm³/mol. The van der Waals surface area contributed by atoms with Crippen molar-refractivity contribution in [3.8, 4) is 0 Å². The van der Waals surface area contributed by atoms with E-state index >= 15 is 0 Å². The zero-order valence-electron chi connectivity index (χ0n) is 10.9. The minimum atomic E-state index is -1.23. The first-order valence-electron chi connectivity index (χ1n) is 6.30. The summed E-state index contributed by atoms with van der Waals surface area (Å²) in [5.41, 5.74) is 1.77. The molecule has 1 aromatic carbocycles. The van der Waals surface area contributed by atoms with E-state index in [-0.39, 0.29) is 13.2 Å². The normalized spacial score (nSPS) is 15.2. The fourth-order valence-corrected chi connectivity index (χ4v) is 2.06. The van der Waals surface area contributed by atoms with Gasteiger partial charge in [-0.05, 0) is 30.5 Å². The molecule has 1 atom stereocenters. The molecule has 4 heteroatoms. The van der Waals surface area contributed by atoms with Gasteiger partial charge in [-0.15, -0.1) is 0 Å². The summed E-state index contributed by atoms with van der Waals surface area (Å²) >= 11 is 0. The van der Waals surface area contributed by atoms with Crippen LogP contribution in [-0.4, -0.2) is 39.1 Å². The van der Waals surface area contributed by atoms with Crippen molar-refractivity contribution in [2.75, 3.05) is 13.2 Å². The highest BCUT2D eigenvalue weighted by molar-refractivity contribution is 5.91. The molecule has 2 aromatic rings. The zero-order valence-corrected chi connectivity index (χ0v) is 10.9. The molecule has 2 rings (SSSR count). The summed E-state index contributed by atoms with van der Waals surface area (Å²) in [5.74, 6) is 0. The number of hydrogen-bond acceptors (Lipinski definition) is 3. The molecule has 19 heavy (non-hydrogen) atoms. The second kappa shape index (κ2) is 5.57. The van der Waals surface area contributed by atoms with Gasteiger partial charge in [0, 0.05) is 23.7 Å². The Balaban J connectivity index is 2.45. The van der Waals surface area contributed by atoms with E-state index in [1.165, 1.54) is 0 Å². The predicted octanol–water partition coefficient (Wildman–Crippen LogP) is 1.46. The van der Waals surface area contributed by atoms with Crippen molar-refractivity contribution in [1.82, 2.24) is 4.98 Å². The lowest BCUT2D eigenvalue weighted by Gasteiger charge is -2.14. The minimum absolute atomic E-state index is 0.0966. The van der Waals surface area contributed by atoms with Crippen molar-refractivity contribution in [2.45, 2.75) is 18.9 Å². The number of aromatic amines is 1. The molecule has 0 aliphatic rings. The van der Waals surface area contributed by atoms with E-state index in [0.717, 1.165) is 22.0 Å². The molecule has 4 N–H and O–H groups in total. The number of aliphatic hydroxyl groups excluding tert-OH is 2. The molecule has 0 fully saturated rings. The Morgan fingerprint density at radius 2 is 2.11 bits per heavy atom. The molecule has 1 aromatic heterocycles. The number of hydrogen-bond donors (Lipinski definition) is 4. The molecular weight excluding hydrogens is 242 g/mol. The fraction of sp³-hybridized carbons (Fsp3) is 0.333. The van der Waals surface area contributed by atoms with Crippen molar-refractivity contribution in [3.63, 3.8) is 0 Å². The summed E-state index contributed by atoms with van der Waals surface area (Å²) in [6, 6.07) is 5.84. The van der Waals surface area contributed by atoms with Crippen LogP contribution in [0, 0.1) is 0 Å². The largest absolute Gasteiger partial charge is 0.396 e. The van der Waals surface area contributed by atoms with Gasteiger partial charge >= 0.3 is 0 Å². The number of fused-ring (bicyclic) bond motifs is 1. The lowest BCUT2D eigenvalue weighted by molar-refractivity contribution is 0.0442. The number of nitrogens with one attached hydrogen (secondary N) is 1. The van der Waals surface area contributed by atoms with E-state index in [4.69, 9.17) is 10.2 Å². The lowest BCUT2D eigenvalue weighted by atomic mass is 10.0. The van der Waals surface area contributed by atoms with Gasteiger partial charge in [0.05, 0.1) is 6.61 Å². The highest BCUT2D eigenvalue weighted by Gasteiger charge is 2.14. The average Bonchev–Trinajstić information content (AvgIpc) is 2.81. The maximum Gasteiger partial charge on any atom is 0.103 e. The number of aromatic nitrogens is 1. The van der Waals surface area contributed by atoms with Gasteiger partial charge in [0.1, 0.15) is 5.60 Å². The summed E-state index contributed by atoms with van der Waals surface area (Å²) in [6.45, 7) is 1.32. The zero-order chi connectivity index (χ0) is 13.9. The monoisotopic (exact) mass is 261 g/mol. The maximum absolute atomic E-state index is 9.80. The van der Waals surface area contributed by atoms with E-state index < -0.39 is 5.60 Å². The molecular formula is C15H19NO3. The van der Waals surface area contributed by atoms with Crippen LogP contribution in [-0.2, 0) is 6.42 Å². The Morgan fingerprint density at radius 3 is 2.79 bits per heavy atom. The van der Waals surface area contributed by atoms with Crippen LogP contribution in [0.2, 0.25) is 0 Å². The van der Waals surface area contributed by atoms with Crippen molar-refractivity contribution in [3.05, 3.63) is 41.6 Å². The first-order chi connectivity index (χ1) is 9.07. The van der Waals surface area contributed by atoms with Gasteiger partial charge in [-0.3, -0.25) is 0 Å². The molecule has 0 saturated heterocycles. The van der Waals surface area contributed by atoms with Crippen LogP contribution in [0.4, 0.5) is 0 Å². The standard InChI is InChI=1S/C15H19NO3/c1-15(19,10-18)7-5-11-3-2-4-13-14(11)12(6-8-17)9-16-13/h2-5,7,9,16-19H,6,8,10H2,1H3/b7-5+. The van der Waals surface area contributed by atoms with E-state index in [9.17, 15) is 5.11 Å². The molecule has 0 amide bonds. The first kappa shape index (κ1) is 13.8. The SMILES string of the molecule is CC(O)(/C=C/c1cccc2[nH]cc(CCO)c12)CO. The minimum Gasteiger partial charge on any atom is -0.396 e. The highest BCUT2D eigenvalue weighted by atomic mass is 16.3. The quantitative estimate of drug-likeness (QED) is 0.658. The van der Waals surface area contributed by atoms with E-state index in [0.29, 0.717) is 6.42 Å². The summed E-state index contributed by atoms with van der Waals surface area (Å²) in [5, 5.41) is 29.0. The Kier molecular flexibility index (Phi) is 4.04. The van der Waals surface area contributed by atoms with Crippen molar-refractivity contribution in [2.24, 2.45) is 0 Å². The third-order valence-electron chi connectivity index (χ3n) is 3.14. The summed E-state index contributed by atoms with van der Waals surface area (Å²) < 4.78 is 0. The van der Waals surface area contributed by atoms with Gasteiger partial charge in [0.2, 0.25) is 0 Å². The van der Waals surface area contributed by atoms with E-state index in [2.05, 4.69) is 4.98 Å². The Hall–Kier alpha value is -1.62. The van der Waals surface area contributed by atoms with Gasteiger partial charge in [-0.1, -0.05) is 24.3 Å². The first-order valence-corrected chi connectivity index (χ1v) is 6.30. The smallest absolute Gasteiger partial charge is 0.103 e. The number of rotatable bonds is 5. The Labute approximate surface area is 112 Å². The Morgan fingerprint density at radius 1 is 1.32 bits per heavy atom. The number of H-pyrrole nitrogens is 1. The van der Waals surface area contributed by atoms with Crippen LogP contribution in [0.5, 0.6) is 0 Å². The van der Waals surface area contributed by atoms with Crippen molar-refractivity contribution >= 4 is 17.0 Å². The summed E-state index contributed by atoms with van der Waals surface area (Å²) in [6.07, 6.45) is 5.86. The molecule has 102 valence electrons. The maximum atomic E-state index is 9.80. The van der Waals surface area contributed by atoms with Crippen LogP contribution in [0.3, 0.4) is 0 Å². The highest BCUT2D eigenvalue weighted by Crippen LogP contribution is 2.24. The molecule has 0 spiro atoms. The molecule has 1 heterocycles. The molecule has 0 aliphatic carbocycles. The van der Waals surface area contributed by atoms with Crippen molar-refractivity contribution in [1.29, 1.82) is 0 Å². The third-order valence-corrected chi connectivity index (χ3v) is 3.14. The van der Waals surface area contributed by atoms with Crippen LogP contribution >= 0.6 is 0 Å².